The Kier molecular flexibility index (Phi) is 6.71. The summed E-state index contributed by atoms with van der Waals surface area (Å²) in [4.78, 5) is 29.9. The minimum Gasteiger partial charge on any atom is -0.352 e. The highest BCUT2D eigenvalue weighted by atomic mass is 32.2. The van der Waals surface area contributed by atoms with Gasteiger partial charge in [-0.05, 0) is 38.4 Å². The van der Waals surface area contributed by atoms with Gasteiger partial charge in [0.15, 0.2) is 0 Å². The lowest BCUT2D eigenvalue weighted by molar-refractivity contribution is -0.144. The Balaban J connectivity index is 1.67. The molecule has 2 unspecified atom stereocenters. The van der Waals surface area contributed by atoms with Crippen LogP contribution in [-0.2, 0) is 9.59 Å². The molecule has 2 aliphatic rings. The lowest BCUT2D eigenvalue weighted by atomic mass is 9.94. The number of nitrogens with one attached hydrogen (secondary N) is 1. The molecule has 0 aromatic heterocycles. The van der Waals surface area contributed by atoms with Gasteiger partial charge in [-0.1, -0.05) is 50.6 Å². The van der Waals surface area contributed by atoms with E-state index in [4.69, 9.17) is 0 Å². The van der Waals surface area contributed by atoms with Gasteiger partial charge >= 0.3 is 0 Å². The van der Waals surface area contributed by atoms with Gasteiger partial charge in [0.25, 0.3) is 0 Å². The highest BCUT2D eigenvalue weighted by Gasteiger charge is 2.39. The maximum atomic E-state index is 13.0. The van der Waals surface area contributed by atoms with Crippen molar-refractivity contribution in [2.75, 3.05) is 31.3 Å². The van der Waals surface area contributed by atoms with Crippen molar-refractivity contribution in [2.45, 2.75) is 52.6 Å². The van der Waals surface area contributed by atoms with E-state index in [0.717, 1.165) is 13.1 Å². The van der Waals surface area contributed by atoms with Crippen molar-refractivity contribution < 1.29 is 9.59 Å². The normalized spacial score (nSPS) is 21.7. The minimum absolute atomic E-state index is 0.0288. The number of amides is 2. The molecule has 0 bridgehead atoms. The number of hydrogen-bond acceptors (Lipinski definition) is 4. The SMILES string of the molecule is Cc1ccc(C(CNC(=O)C2CSCN2C(=O)C(C)(C)C)N2CCCC2)cc1. The van der Waals surface area contributed by atoms with E-state index >= 15 is 0 Å². The van der Waals surface area contributed by atoms with Crippen molar-refractivity contribution >= 4 is 23.6 Å². The third-order valence-electron chi connectivity index (χ3n) is 5.60. The van der Waals surface area contributed by atoms with Gasteiger partial charge in [0, 0.05) is 17.7 Å². The molecule has 2 fully saturated rings. The quantitative estimate of drug-likeness (QED) is 0.820. The van der Waals surface area contributed by atoms with Crippen LogP contribution in [0, 0.1) is 12.3 Å². The summed E-state index contributed by atoms with van der Waals surface area (Å²) in [6, 6.07) is 8.44. The van der Waals surface area contributed by atoms with Crippen LogP contribution >= 0.6 is 11.8 Å². The predicted octanol–water partition coefficient (Wildman–Crippen LogP) is 3.20. The van der Waals surface area contributed by atoms with Gasteiger partial charge in [-0.3, -0.25) is 14.5 Å². The van der Waals surface area contributed by atoms with E-state index in [-0.39, 0.29) is 23.9 Å². The smallest absolute Gasteiger partial charge is 0.243 e. The molecule has 5 nitrogen and oxygen atoms in total. The van der Waals surface area contributed by atoms with Crippen molar-refractivity contribution in [1.29, 1.82) is 0 Å². The minimum atomic E-state index is -0.469. The summed E-state index contributed by atoms with van der Waals surface area (Å²) in [5, 5.41) is 3.16. The molecule has 3 rings (SSSR count). The standard InChI is InChI=1S/C22H33N3O2S/c1-16-7-9-17(10-8-16)18(24-11-5-6-12-24)13-23-20(26)19-14-28-15-25(19)21(27)22(2,3)4/h7-10,18-19H,5-6,11-15H2,1-4H3,(H,23,26). The highest BCUT2D eigenvalue weighted by molar-refractivity contribution is 7.99. The number of carbonyl (C=O) groups is 2. The Hall–Kier alpha value is -1.53. The molecule has 0 saturated carbocycles. The van der Waals surface area contributed by atoms with Crippen molar-refractivity contribution in [2.24, 2.45) is 5.41 Å². The van der Waals surface area contributed by atoms with Gasteiger partial charge in [0.1, 0.15) is 6.04 Å². The van der Waals surface area contributed by atoms with Crippen LogP contribution in [0.5, 0.6) is 0 Å². The Morgan fingerprint density at radius 3 is 2.43 bits per heavy atom. The topological polar surface area (TPSA) is 52.7 Å². The number of aryl methyl sites for hydroxylation is 1. The molecule has 1 aromatic rings. The van der Waals surface area contributed by atoms with Crippen molar-refractivity contribution in [3.05, 3.63) is 35.4 Å². The first kappa shape index (κ1) is 21.2. The average molecular weight is 404 g/mol. The van der Waals surface area contributed by atoms with Crippen LogP contribution in [0.4, 0.5) is 0 Å². The second-order valence-electron chi connectivity index (χ2n) is 8.96. The number of nitrogens with zero attached hydrogens (tertiary/aromatic N) is 2. The molecular formula is C22H33N3O2S. The zero-order valence-corrected chi connectivity index (χ0v) is 18.3. The third kappa shape index (κ3) is 4.90. The maximum absolute atomic E-state index is 13.0. The van der Waals surface area contributed by atoms with E-state index in [1.165, 1.54) is 24.0 Å². The van der Waals surface area contributed by atoms with Crippen LogP contribution in [0.3, 0.4) is 0 Å². The molecule has 2 amide bonds. The van der Waals surface area contributed by atoms with Crippen LogP contribution in [0.2, 0.25) is 0 Å². The fraction of sp³-hybridized carbons (Fsp3) is 0.636. The number of likely N-dealkylation sites (tertiary alicyclic amines) is 1. The van der Waals surface area contributed by atoms with E-state index in [2.05, 4.69) is 41.4 Å². The summed E-state index contributed by atoms with van der Waals surface area (Å²) in [5.41, 5.74) is 2.02. The Morgan fingerprint density at radius 1 is 1.18 bits per heavy atom. The van der Waals surface area contributed by atoms with Gasteiger partial charge in [-0.15, -0.1) is 11.8 Å². The Bertz CT molecular complexity index is 693. The van der Waals surface area contributed by atoms with E-state index in [1.807, 2.05) is 20.8 Å². The fourth-order valence-corrected chi connectivity index (χ4v) is 5.06. The van der Waals surface area contributed by atoms with Gasteiger partial charge in [0.2, 0.25) is 11.8 Å². The number of carbonyl (C=O) groups excluding carboxylic acids is 2. The number of hydrogen-bond donors (Lipinski definition) is 1. The Morgan fingerprint density at radius 2 is 1.82 bits per heavy atom. The summed E-state index contributed by atoms with van der Waals surface area (Å²) in [7, 11) is 0. The van der Waals surface area contributed by atoms with E-state index in [9.17, 15) is 9.59 Å². The molecule has 154 valence electrons. The predicted molar refractivity (Wildman–Crippen MR) is 115 cm³/mol. The van der Waals surface area contributed by atoms with E-state index < -0.39 is 5.41 Å². The second-order valence-corrected chi connectivity index (χ2v) is 9.96. The molecular weight excluding hydrogens is 370 g/mol. The van der Waals surface area contributed by atoms with Crippen LogP contribution in [0.15, 0.2) is 24.3 Å². The lowest BCUT2D eigenvalue weighted by Gasteiger charge is -2.31. The molecule has 1 N–H and O–H groups in total. The maximum Gasteiger partial charge on any atom is 0.243 e. The molecule has 2 heterocycles. The second kappa shape index (κ2) is 8.87. The van der Waals surface area contributed by atoms with Crippen LogP contribution < -0.4 is 5.32 Å². The molecule has 6 heteroatoms. The molecule has 1 aromatic carbocycles. The first-order chi connectivity index (χ1) is 13.3. The van der Waals surface area contributed by atoms with E-state index in [0.29, 0.717) is 18.2 Å². The van der Waals surface area contributed by atoms with Crippen molar-refractivity contribution in [3.8, 4) is 0 Å². The van der Waals surface area contributed by atoms with Crippen LogP contribution in [-0.4, -0.2) is 58.9 Å². The fourth-order valence-electron chi connectivity index (χ4n) is 3.91. The molecule has 2 saturated heterocycles. The highest BCUT2D eigenvalue weighted by Crippen LogP contribution is 2.28. The molecule has 2 aliphatic heterocycles. The van der Waals surface area contributed by atoms with Gasteiger partial charge in [-0.25, -0.2) is 0 Å². The van der Waals surface area contributed by atoms with Crippen molar-refractivity contribution in [1.82, 2.24) is 15.1 Å². The Labute approximate surface area is 173 Å². The number of benzene rings is 1. The van der Waals surface area contributed by atoms with Crippen LogP contribution in [0.25, 0.3) is 0 Å². The van der Waals surface area contributed by atoms with E-state index in [1.54, 1.807) is 16.7 Å². The zero-order valence-electron chi connectivity index (χ0n) is 17.5. The van der Waals surface area contributed by atoms with Gasteiger partial charge < -0.3 is 10.2 Å². The van der Waals surface area contributed by atoms with Crippen molar-refractivity contribution in [3.63, 3.8) is 0 Å². The van der Waals surface area contributed by atoms with Gasteiger partial charge in [0.05, 0.1) is 11.9 Å². The summed E-state index contributed by atoms with van der Waals surface area (Å²) in [6.07, 6.45) is 2.42. The van der Waals surface area contributed by atoms with Crippen LogP contribution in [0.1, 0.15) is 50.8 Å². The summed E-state index contributed by atoms with van der Waals surface area (Å²) >= 11 is 1.65. The molecule has 28 heavy (non-hydrogen) atoms. The monoisotopic (exact) mass is 403 g/mol. The zero-order chi connectivity index (χ0) is 20.3. The first-order valence-corrected chi connectivity index (χ1v) is 11.4. The first-order valence-electron chi connectivity index (χ1n) is 10.2. The summed E-state index contributed by atoms with van der Waals surface area (Å²) in [5.74, 6) is 1.29. The third-order valence-corrected chi connectivity index (χ3v) is 6.61. The lowest BCUT2D eigenvalue weighted by Crippen LogP contribution is -2.51. The summed E-state index contributed by atoms with van der Waals surface area (Å²) in [6.45, 7) is 10.6. The molecule has 2 atom stereocenters. The average Bonchev–Trinajstić information content (AvgIpc) is 3.33. The molecule has 0 aliphatic carbocycles. The largest absolute Gasteiger partial charge is 0.352 e. The summed E-state index contributed by atoms with van der Waals surface area (Å²) < 4.78 is 0. The molecule has 0 radical (unpaired) electrons. The number of thioether (sulfide) groups is 1. The number of rotatable bonds is 5. The van der Waals surface area contributed by atoms with Gasteiger partial charge in [-0.2, -0.15) is 0 Å². The molecule has 0 spiro atoms.